The van der Waals surface area contributed by atoms with E-state index in [-0.39, 0.29) is 23.1 Å². The van der Waals surface area contributed by atoms with Gasteiger partial charge in [-0.25, -0.2) is 0 Å². The Hall–Kier alpha value is -1.85. The normalized spacial score (nSPS) is 21.1. The van der Waals surface area contributed by atoms with E-state index in [9.17, 15) is 13.6 Å². The van der Waals surface area contributed by atoms with Crippen molar-refractivity contribution in [1.82, 2.24) is 5.32 Å². The van der Waals surface area contributed by atoms with Gasteiger partial charge < -0.3 is 14.8 Å². The second-order valence-electron chi connectivity index (χ2n) is 5.81. The standard InChI is InChI=1S/C17H23F2NO3/c1-3-11-7-9-12(10-8-11)20-16(21)13-5-4-6-14(22-2)15(13)23-17(18)19/h4-6,11-12,17H,3,7-10H2,1-2H3,(H,20,21). The summed E-state index contributed by atoms with van der Waals surface area (Å²) in [5, 5.41) is 2.93. The van der Waals surface area contributed by atoms with E-state index in [1.165, 1.54) is 19.2 Å². The fourth-order valence-corrected chi connectivity index (χ4v) is 3.04. The van der Waals surface area contributed by atoms with E-state index in [1.54, 1.807) is 6.07 Å². The Kier molecular flexibility index (Phi) is 6.19. The zero-order valence-corrected chi connectivity index (χ0v) is 13.5. The highest BCUT2D eigenvalue weighted by Gasteiger charge is 2.25. The van der Waals surface area contributed by atoms with Crippen LogP contribution in [0.5, 0.6) is 11.5 Å². The van der Waals surface area contributed by atoms with E-state index in [1.807, 2.05) is 0 Å². The van der Waals surface area contributed by atoms with Crippen molar-refractivity contribution >= 4 is 5.91 Å². The molecule has 128 valence electrons. The first-order chi connectivity index (χ1) is 11.0. The maximum atomic E-state index is 12.6. The molecule has 1 saturated carbocycles. The summed E-state index contributed by atoms with van der Waals surface area (Å²) in [4.78, 5) is 12.4. The molecule has 0 spiro atoms. The number of benzene rings is 1. The maximum Gasteiger partial charge on any atom is 0.387 e. The lowest BCUT2D eigenvalue weighted by Gasteiger charge is -2.28. The molecule has 0 unspecified atom stereocenters. The molecule has 1 aromatic carbocycles. The number of hydrogen-bond donors (Lipinski definition) is 1. The fraction of sp³-hybridized carbons (Fsp3) is 0.588. The van der Waals surface area contributed by atoms with Crippen LogP contribution in [0.25, 0.3) is 0 Å². The molecule has 1 N–H and O–H groups in total. The van der Waals surface area contributed by atoms with Crippen molar-refractivity contribution in [3.05, 3.63) is 23.8 Å². The van der Waals surface area contributed by atoms with E-state index < -0.39 is 12.5 Å². The van der Waals surface area contributed by atoms with Crippen LogP contribution in [0.1, 0.15) is 49.4 Å². The van der Waals surface area contributed by atoms with Gasteiger partial charge in [0.25, 0.3) is 5.91 Å². The Morgan fingerprint density at radius 3 is 2.57 bits per heavy atom. The Bertz CT molecular complexity index is 529. The molecule has 0 aromatic heterocycles. The minimum absolute atomic E-state index is 0.0715. The lowest BCUT2D eigenvalue weighted by molar-refractivity contribution is -0.0515. The molecule has 0 bridgehead atoms. The van der Waals surface area contributed by atoms with Crippen molar-refractivity contribution in [3.8, 4) is 11.5 Å². The van der Waals surface area contributed by atoms with Crippen LogP contribution in [-0.2, 0) is 0 Å². The summed E-state index contributed by atoms with van der Waals surface area (Å²) in [6.07, 6.45) is 5.15. The summed E-state index contributed by atoms with van der Waals surface area (Å²) in [5.74, 6) is 0.217. The molecule has 1 aliphatic rings. The maximum absolute atomic E-state index is 12.6. The zero-order chi connectivity index (χ0) is 16.8. The molecule has 0 atom stereocenters. The van der Waals surface area contributed by atoms with Gasteiger partial charge in [0.1, 0.15) is 0 Å². The van der Waals surface area contributed by atoms with Gasteiger partial charge in [-0.15, -0.1) is 0 Å². The first-order valence-electron chi connectivity index (χ1n) is 7.97. The van der Waals surface area contributed by atoms with E-state index in [0.29, 0.717) is 0 Å². The number of carbonyl (C=O) groups is 1. The quantitative estimate of drug-likeness (QED) is 0.859. The van der Waals surface area contributed by atoms with Crippen LogP contribution in [0.2, 0.25) is 0 Å². The number of carbonyl (C=O) groups excluding carboxylic acids is 1. The van der Waals surface area contributed by atoms with Gasteiger partial charge >= 0.3 is 6.61 Å². The molecule has 4 nitrogen and oxygen atoms in total. The fourth-order valence-electron chi connectivity index (χ4n) is 3.04. The summed E-state index contributed by atoms with van der Waals surface area (Å²) >= 11 is 0. The van der Waals surface area contributed by atoms with Crippen molar-refractivity contribution in [2.24, 2.45) is 5.92 Å². The van der Waals surface area contributed by atoms with Crippen LogP contribution in [0.4, 0.5) is 8.78 Å². The topological polar surface area (TPSA) is 47.6 Å². The Balaban J connectivity index is 2.09. The van der Waals surface area contributed by atoms with Crippen molar-refractivity contribution < 1.29 is 23.0 Å². The zero-order valence-electron chi connectivity index (χ0n) is 13.5. The molecular formula is C17H23F2NO3. The summed E-state index contributed by atoms with van der Waals surface area (Å²) in [6, 6.07) is 4.62. The van der Waals surface area contributed by atoms with Gasteiger partial charge in [-0.2, -0.15) is 8.78 Å². The van der Waals surface area contributed by atoms with Gasteiger partial charge in [-0.05, 0) is 43.7 Å². The molecule has 1 fully saturated rings. The van der Waals surface area contributed by atoms with Gasteiger partial charge in [-0.1, -0.05) is 19.4 Å². The van der Waals surface area contributed by atoms with Crippen LogP contribution in [0.15, 0.2) is 18.2 Å². The Morgan fingerprint density at radius 2 is 2.00 bits per heavy atom. The third kappa shape index (κ3) is 4.56. The summed E-state index contributed by atoms with van der Waals surface area (Å²) < 4.78 is 34.7. The average Bonchev–Trinajstić information content (AvgIpc) is 2.55. The minimum atomic E-state index is -3.02. The predicted octanol–water partition coefficient (Wildman–Crippen LogP) is 4.00. The number of halogens is 2. The van der Waals surface area contributed by atoms with Gasteiger partial charge in [0.15, 0.2) is 11.5 Å². The highest BCUT2D eigenvalue weighted by atomic mass is 19.3. The van der Waals surface area contributed by atoms with E-state index >= 15 is 0 Å². The molecule has 0 heterocycles. The van der Waals surface area contributed by atoms with Crippen molar-refractivity contribution in [2.75, 3.05) is 7.11 Å². The third-order valence-corrected chi connectivity index (χ3v) is 4.41. The largest absolute Gasteiger partial charge is 0.493 e. The SMILES string of the molecule is CCC1CCC(NC(=O)c2cccc(OC)c2OC(F)F)CC1. The number of amides is 1. The summed E-state index contributed by atoms with van der Waals surface area (Å²) in [7, 11) is 1.35. The number of hydrogen-bond acceptors (Lipinski definition) is 3. The molecule has 0 radical (unpaired) electrons. The molecule has 1 aliphatic carbocycles. The first-order valence-corrected chi connectivity index (χ1v) is 7.97. The van der Waals surface area contributed by atoms with Gasteiger partial charge in [0, 0.05) is 6.04 Å². The van der Waals surface area contributed by atoms with Crippen LogP contribution < -0.4 is 14.8 Å². The van der Waals surface area contributed by atoms with Crippen molar-refractivity contribution in [3.63, 3.8) is 0 Å². The van der Waals surface area contributed by atoms with Gasteiger partial charge in [0.05, 0.1) is 12.7 Å². The number of rotatable bonds is 6. The lowest BCUT2D eigenvalue weighted by atomic mass is 9.84. The number of ether oxygens (including phenoxy) is 2. The molecule has 0 saturated heterocycles. The highest BCUT2D eigenvalue weighted by Crippen LogP contribution is 2.33. The second-order valence-corrected chi connectivity index (χ2v) is 5.81. The van der Waals surface area contributed by atoms with Crippen LogP contribution in [-0.4, -0.2) is 25.7 Å². The average molecular weight is 327 g/mol. The molecular weight excluding hydrogens is 304 g/mol. The molecule has 2 rings (SSSR count). The van der Waals surface area contributed by atoms with E-state index in [2.05, 4.69) is 17.0 Å². The van der Waals surface area contributed by atoms with Crippen molar-refractivity contribution in [2.45, 2.75) is 51.7 Å². The summed E-state index contributed by atoms with van der Waals surface area (Å²) in [5.41, 5.74) is 0.0715. The third-order valence-electron chi connectivity index (χ3n) is 4.41. The number of nitrogens with one attached hydrogen (secondary N) is 1. The molecule has 0 aliphatic heterocycles. The molecule has 23 heavy (non-hydrogen) atoms. The number of para-hydroxylation sites is 1. The molecule has 1 aromatic rings. The van der Waals surface area contributed by atoms with Crippen LogP contribution >= 0.6 is 0 Å². The number of alkyl halides is 2. The van der Waals surface area contributed by atoms with E-state index in [0.717, 1.165) is 38.0 Å². The predicted molar refractivity (Wildman–Crippen MR) is 83.1 cm³/mol. The van der Waals surface area contributed by atoms with E-state index in [4.69, 9.17) is 4.74 Å². The van der Waals surface area contributed by atoms with Crippen LogP contribution in [0.3, 0.4) is 0 Å². The van der Waals surface area contributed by atoms with Crippen molar-refractivity contribution in [1.29, 1.82) is 0 Å². The Labute approximate surface area is 135 Å². The smallest absolute Gasteiger partial charge is 0.387 e. The number of methoxy groups -OCH3 is 1. The van der Waals surface area contributed by atoms with Gasteiger partial charge in [-0.3, -0.25) is 4.79 Å². The second kappa shape index (κ2) is 8.13. The minimum Gasteiger partial charge on any atom is -0.493 e. The monoisotopic (exact) mass is 327 g/mol. The molecule has 6 heteroatoms. The van der Waals surface area contributed by atoms with Crippen LogP contribution in [0, 0.1) is 5.92 Å². The Morgan fingerprint density at radius 1 is 1.30 bits per heavy atom. The molecule has 1 amide bonds. The first kappa shape index (κ1) is 17.5. The highest BCUT2D eigenvalue weighted by molar-refractivity contribution is 5.98. The lowest BCUT2D eigenvalue weighted by Crippen LogP contribution is -2.37. The summed E-state index contributed by atoms with van der Waals surface area (Å²) in [6.45, 7) is -0.842. The van der Waals surface area contributed by atoms with Gasteiger partial charge in [0.2, 0.25) is 0 Å².